The number of carbonyl (C=O) groups is 4. The Hall–Kier alpha value is -6.29. The molecule has 292 valence electrons. The maximum absolute atomic E-state index is 16.6. The van der Waals surface area contributed by atoms with Gasteiger partial charge in [-0.3, -0.25) is 34.3 Å². The van der Waals surface area contributed by atoms with Crippen molar-refractivity contribution < 1.29 is 43.7 Å². The fourth-order valence-corrected chi connectivity index (χ4v) is 7.81. The predicted octanol–water partition coefficient (Wildman–Crippen LogP) is 5.10. The first-order valence-electron chi connectivity index (χ1n) is 22.3. The van der Waals surface area contributed by atoms with E-state index in [0.717, 1.165) is 0 Å². The summed E-state index contributed by atoms with van der Waals surface area (Å²) in [6.45, 7) is -14.7. The normalized spacial score (nSPS) is 27.2. The third-order valence-corrected chi connectivity index (χ3v) is 10.6. The predicted molar refractivity (Wildman–Crippen MR) is 204 cm³/mol. The monoisotopic (exact) mass is 783 g/mol. The third kappa shape index (κ3) is 6.62. The molecule has 2 saturated heterocycles. The zero-order valence-electron chi connectivity index (χ0n) is 38.0. The van der Waals surface area contributed by atoms with Gasteiger partial charge in [0.05, 0.1) is 33.7 Å². The average Bonchev–Trinajstić information content (AvgIpc) is 3.77. The van der Waals surface area contributed by atoms with Gasteiger partial charge in [0.2, 0.25) is 11.8 Å². The molecule has 3 aliphatic heterocycles. The Kier molecular flexibility index (Phi) is 7.24. The minimum absolute atomic E-state index is 0.199. The van der Waals surface area contributed by atoms with E-state index in [9.17, 15) is 19.2 Å². The molecule has 9 rings (SSSR count). The third-order valence-electron chi connectivity index (χ3n) is 10.6. The summed E-state index contributed by atoms with van der Waals surface area (Å²) in [5.74, 6) is -7.25. The van der Waals surface area contributed by atoms with E-state index in [4.69, 9.17) is 26.5 Å². The number of nitrogens with zero attached hydrogens (tertiary/aromatic N) is 7. The van der Waals surface area contributed by atoms with Gasteiger partial charge in [0, 0.05) is 56.1 Å². The number of amides is 4. The maximum Gasteiger partial charge on any atom is 0.265 e. The number of aromatic nitrogens is 4. The van der Waals surface area contributed by atoms with E-state index in [1.807, 2.05) is 47.8 Å². The Morgan fingerprint density at radius 2 is 1.56 bits per heavy atom. The van der Waals surface area contributed by atoms with E-state index < -0.39 is 96.6 Å². The largest absolute Gasteiger partial charge is 0.457 e. The second-order valence-electron chi connectivity index (χ2n) is 14.1. The molecule has 3 fully saturated rings. The first kappa shape index (κ1) is 28.2. The number of imide groups is 2. The number of carbonyl (C=O) groups excluding carboxylic acids is 4. The Labute approximate surface area is 336 Å². The summed E-state index contributed by atoms with van der Waals surface area (Å²) in [5, 5.41) is 7.40. The van der Waals surface area contributed by atoms with Crippen LogP contribution in [0.5, 0.6) is 11.5 Å². The standard InChI is InChI=1S/C41H39F2N9O5/c42-28-20-30(35(43)33-32(28)40(55)51(41(33)56)29-14-15-31(53)47-39(29)54)50-18-16-49(17-19-50)21-23-6-10-25(11-7-23)52-38-34(37(44)45-22-46-38)36(48-52)24-8-12-27(13-9-24)57-26-4-2-1-3-5-26/h1-5,8-9,12-13,20,22-23,25,29H,6-7,10-11,14-19,21H2,(H2,44,45,46)(H,47,53,54)/i16D2,17D2,18D2,19D2. The molecule has 0 radical (unpaired) electrons. The van der Waals surface area contributed by atoms with E-state index >= 15 is 8.78 Å². The summed E-state index contributed by atoms with van der Waals surface area (Å²) < 4.78 is 112. The summed E-state index contributed by atoms with van der Waals surface area (Å²) in [5.41, 5.74) is 4.29. The van der Waals surface area contributed by atoms with Crippen LogP contribution in [-0.4, -0.2) is 91.8 Å². The molecule has 1 unspecified atom stereocenters. The summed E-state index contributed by atoms with van der Waals surface area (Å²) >= 11 is 0. The number of ether oxygens (including phenoxy) is 1. The van der Waals surface area contributed by atoms with Crippen molar-refractivity contribution in [3.8, 4) is 22.8 Å². The number of fused-ring (bicyclic) bond motifs is 2. The fourth-order valence-electron chi connectivity index (χ4n) is 7.81. The van der Waals surface area contributed by atoms with Gasteiger partial charge in [-0.25, -0.2) is 23.4 Å². The minimum atomic E-state index is -3.66. The number of halogens is 2. The number of piperidine rings is 1. The Morgan fingerprint density at radius 3 is 2.28 bits per heavy atom. The average molecular weight is 784 g/mol. The van der Waals surface area contributed by atoms with Crippen LogP contribution in [0.3, 0.4) is 0 Å². The van der Waals surface area contributed by atoms with Crippen molar-refractivity contribution in [3.63, 3.8) is 0 Å². The first-order chi connectivity index (χ1) is 30.7. The molecule has 5 heterocycles. The number of nitrogens with two attached hydrogens (primary N) is 1. The van der Waals surface area contributed by atoms with Crippen molar-refractivity contribution in [2.75, 3.05) is 43.2 Å². The van der Waals surface area contributed by atoms with Gasteiger partial charge in [0.1, 0.15) is 41.2 Å². The molecule has 4 amide bonds. The smallest absolute Gasteiger partial charge is 0.265 e. The van der Waals surface area contributed by atoms with Crippen molar-refractivity contribution in [2.45, 2.75) is 50.6 Å². The summed E-state index contributed by atoms with van der Waals surface area (Å²) in [6, 6.07) is 14.8. The number of nitrogens with one attached hydrogen (secondary N) is 1. The highest BCUT2D eigenvalue weighted by atomic mass is 19.1. The molecule has 1 aliphatic carbocycles. The Morgan fingerprint density at radius 1 is 0.860 bits per heavy atom. The summed E-state index contributed by atoms with van der Waals surface area (Å²) in [4.78, 5) is 60.3. The van der Waals surface area contributed by atoms with Crippen LogP contribution < -0.4 is 20.7 Å². The van der Waals surface area contributed by atoms with Gasteiger partial charge in [-0.1, -0.05) is 18.2 Å². The van der Waals surface area contributed by atoms with Gasteiger partial charge in [-0.2, -0.15) is 5.10 Å². The van der Waals surface area contributed by atoms with E-state index in [2.05, 4.69) is 9.97 Å². The molecule has 1 saturated carbocycles. The molecular weight excluding hydrogens is 737 g/mol. The topological polar surface area (TPSA) is 169 Å². The molecule has 5 aromatic rings. The van der Waals surface area contributed by atoms with E-state index in [1.165, 1.54) is 6.33 Å². The van der Waals surface area contributed by atoms with Gasteiger partial charge in [-0.15, -0.1) is 0 Å². The van der Waals surface area contributed by atoms with Crippen LogP contribution in [0.1, 0.15) is 76.2 Å². The van der Waals surface area contributed by atoms with Crippen LogP contribution in [0.25, 0.3) is 22.3 Å². The number of nitrogen functional groups attached to an aromatic ring is 1. The molecule has 0 bridgehead atoms. The number of rotatable bonds is 8. The highest BCUT2D eigenvalue weighted by Crippen LogP contribution is 2.39. The number of para-hydroxylation sites is 1. The van der Waals surface area contributed by atoms with Gasteiger partial charge in [0.15, 0.2) is 11.5 Å². The lowest BCUT2D eigenvalue weighted by atomic mass is 9.85. The van der Waals surface area contributed by atoms with Crippen molar-refractivity contribution in [3.05, 3.63) is 89.8 Å². The molecular formula is C41H39F2N9O5. The minimum Gasteiger partial charge on any atom is -0.457 e. The SMILES string of the molecule is [2H]C1([2H])N(CC2CCC(n3nc(-c4ccc(Oc5ccccc5)cc4)c4c(N)ncnc43)CC2)C([2H])([2H])C([2H])([2H])N(c2cc(F)c3c(c2F)C(=O)N(C2CCC(=O)NC2=O)C3=O)C1([2H])[2H]. The summed E-state index contributed by atoms with van der Waals surface area (Å²) in [6.07, 6.45) is 2.17. The van der Waals surface area contributed by atoms with Crippen molar-refractivity contribution in [1.82, 2.24) is 34.9 Å². The quantitative estimate of drug-likeness (QED) is 0.201. The van der Waals surface area contributed by atoms with E-state index in [0.29, 0.717) is 64.4 Å². The molecule has 14 nitrogen and oxygen atoms in total. The highest BCUT2D eigenvalue weighted by Gasteiger charge is 2.48. The van der Waals surface area contributed by atoms with Crippen LogP contribution in [0.2, 0.25) is 0 Å². The van der Waals surface area contributed by atoms with Crippen LogP contribution in [-0.2, 0) is 9.59 Å². The molecule has 16 heteroatoms. The lowest BCUT2D eigenvalue weighted by Crippen LogP contribution is -2.54. The van der Waals surface area contributed by atoms with Crippen LogP contribution >= 0.6 is 0 Å². The molecule has 2 aromatic heterocycles. The molecule has 3 N–H and O–H groups in total. The number of hydrogen-bond acceptors (Lipinski definition) is 11. The van der Waals surface area contributed by atoms with Crippen LogP contribution in [0, 0.1) is 17.6 Å². The van der Waals surface area contributed by atoms with Gasteiger partial charge in [-0.05, 0) is 74.4 Å². The second-order valence-corrected chi connectivity index (χ2v) is 14.1. The number of hydrogen-bond donors (Lipinski definition) is 2. The highest BCUT2D eigenvalue weighted by molar-refractivity contribution is 6.24. The van der Waals surface area contributed by atoms with Gasteiger partial charge in [0.25, 0.3) is 11.8 Å². The van der Waals surface area contributed by atoms with Crippen molar-refractivity contribution >= 4 is 46.2 Å². The number of benzene rings is 3. The van der Waals surface area contributed by atoms with Crippen molar-refractivity contribution in [1.29, 1.82) is 0 Å². The Balaban J connectivity index is 0.958. The lowest BCUT2D eigenvalue weighted by Gasteiger charge is -2.39. The Bertz CT molecular complexity index is 2770. The van der Waals surface area contributed by atoms with Crippen molar-refractivity contribution in [2.24, 2.45) is 5.92 Å². The van der Waals surface area contributed by atoms with Gasteiger partial charge >= 0.3 is 0 Å². The van der Waals surface area contributed by atoms with Crippen LogP contribution in [0.4, 0.5) is 20.3 Å². The molecule has 0 spiro atoms. The molecule has 4 aliphatic rings. The lowest BCUT2D eigenvalue weighted by molar-refractivity contribution is -0.136. The molecule has 1 atom stereocenters. The van der Waals surface area contributed by atoms with E-state index in [-0.39, 0.29) is 40.6 Å². The fraction of sp³-hybridized carbons (Fsp3) is 0.341. The zero-order chi connectivity index (χ0) is 46.5. The number of anilines is 2. The number of piperazine rings is 1. The molecule has 3 aromatic carbocycles. The molecule has 57 heavy (non-hydrogen) atoms. The second kappa shape index (κ2) is 14.7. The first-order valence-corrected chi connectivity index (χ1v) is 18.3. The van der Waals surface area contributed by atoms with Gasteiger partial charge < -0.3 is 15.4 Å². The maximum atomic E-state index is 16.6. The summed E-state index contributed by atoms with van der Waals surface area (Å²) in [7, 11) is 0. The van der Waals surface area contributed by atoms with E-state index in [1.54, 1.807) is 16.8 Å². The van der Waals surface area contributed by atoms with Crippen LogP contribution in [0.15, 0.2) is 67.0 Å². The zero-order valence-corrected chi connectivity index (χ0v) is 30.0.